The SMILES string of the molecule is COc1ccc(C(=O)N2CCc3cc(N)ccc32)cc1F. The van der Waals surface area contributed by atoms with Gasteiger partial charge in [0.05, 0.1) is 7.11 Å². The molecule has 108 valence electrons. The van der Waals surface area contributed by atoms with Crippen molar-refractivity contribution in [1.82, 2.24) is 0 Å². The van der Waals surface area contributed by atoms with Crippen molar-refractivity contribution in [3.05, 3.63) is 53.3 Å². The largest absolute Gasteiger partial charge is 0.494 e. The first kappa shape index (κ1) is 13.4. The number of anilines is 2. The van der Waals surface area contributed by atoms with Gasteiger partial charge in [-0.2, -0.15) is 0 Å². The van der Waals surface area contributed by atoms with Crippen molar-refractivity contribution in [1.29, 1.82) is 0 Å². The molecule has 0 spiro atoms. The highest BCUT2D eigenvalue weighted by atomic mass is 19.1. The third-order valence-corrected chi connectivity index (χ3v) is 3.64. The number of ether oxygens (including phenoxy) is 1. The number of nitrogens with zero attached hydrogens (tertiary/aromatic N) is 1. The Balaban J connectivity index is 1.92. The van der Waals surface area contributed by atoms with E-state index in [0.29, 0.717) is 17.8 Å². The maximum absolute atomic E-state index is 13.7. The molecular weight excluding hydrogens is 271 g/mol. The predicted octanol–water partition coefficient (Wildman–Crippen LogP) is 2.62. The summed E-state index contributed by atoms with van der Waals surface area (Å²) < 4.78 is 18.6. The molecule has 5 heteroatoms. The molecule has 1 heterocycles. The molecular formula is C16H15FN2O2. The minimum Gasteiger partial charge on any atom is -0.494 e. The fraction of sp³-hybridized carbons (Fsp3) is 0.188. The first-order valence-electron chi connectivity index (χ1n) is 6.64. The molecule has 0 aliphatic carbocycles. The Hall–Kier alpha value is -2.56. The number of hydrogen-bond acceptors (Lipinski definition) is 3. The van der Waals surface area contributed by atoms with Gasteiger partial charge in [-0.1, -0.05) is 0 Å². The van der Waals surface area contributed by atoms with Crippen LogP contribution in [0.4, 0.5) is 15.8 Å². The van der Waals surface area contributed by atoms with E-state index in [0.717, 1.165) is 17.7 Å². The van der Waals surface area contributed by atoms with Gasteiger partial charge in [-0.3, -0.25) is 4.79 Å². The number of amides is 1. The number of methoxy groups -OCH3 is 1. The summed E-state index contributed by atoms with van der Waals surface area (Å²) in [6.07, 6.45) is 0.755. The van der Waals surface area contributed by atoms with Crippen molar-refractivity contribution < 1.29 is 13.9 Å². The molecule has 0 fully saturated rings. The van der Waals surface area contributed by atoms with Crippen LogP contribution in [0, 0.1) is 5.82 Å². The van der Waals surface area contributed by atoms with Crippen LogP contribution in [0.1, 0.15) is 15.9 Å². The predicted molar refractivity (Wildman–Crippen MR) is 79.2 cm³/mol. The van der Waals surface area contributed by atoms with Crippen molar-refractivity contribution in [3.63, 3.8) is 0 Å². The fourth-order valence-electron chi connectivity index (χ4n) is 2.59. The minimum absolute atomic E-state index is 0.126. The molecule has 1 aliphatic rings. The van der Waals surface area contributed by atoms with Gasteiger partial charge in [0.1, 0.15) is 0 Å². The van der Waals surface area contributed by atoms with Crippen molar-refractivity contribution in [2.75, 3.05) is 24.3 Å². The highest BCUT2D eigenvalue weighted by molar-refractivity contribution is 6.07. The summed E-state index contributed by atoms with van der Waals surface area (Å²) in [4.78, 5) is 14.2. The first-order valence-corrected chi connectivity index (χ1v) is 6.64. The lowest BCUT2D eigenvalue weighted by atomic mass is 10.1. The number of benzene rings is 2. The Morgan fingerprint density at radius 1 is 1.29 bits per heavy atom. The molecule has 0 saturated carbocycles. The second-order valence-electron chi connectivity index (χ2n) is 4.94. The first-order chi connectivity index (χ1) is 10.1. The van der Waals surface area contributed by atoms with E-state index in [1.807, 2.05) is 12.1 Å². The van der Waals surface area contributed by atoms with Gasteiger partial charge in [0.25, 0.3) is 5.91 Å². The maximum atomic E-state index is 13.7. The van der Waals surface area contributed by atoms with E-state index < -0.39 is 5.82 Å². The van der Waals surface area contributed by atoms with Crippen LogP contribution in [-0.2, 0) is 6.42 Å². The average Bonchev–Trinajstić information content (AvgIpc) is 2.89. The van der Waals surface area contributed by atoms with Crippen molar-refractivity contribution in [2.45, 2.75) is 6.42 Å². The van der Waals surface area contributed by atoms with Crippen LogP contribution >= 0.6 is 0 Å². The fourth-order valence-corrected chi connectivity index (χ4v) is 2.59. The number of fused-ring (bicyclic) bond motifs is 1. The van der Waals surface area contributed by atoms with Crippen LogP contribution < -0.4 is 15.4 Å². The van der Waals surface area contributed by atoms with Crippen LogP contribution in [0.5, 0.6) is 5.75 Å². The Morgan fingerprint density at radius 3 is 2.81 bits per heavy atom. The Morgan fingerprint density at radius 2 is 2.10 bits per heavy atom. The van der Waals surface area contributed by atoms with E-state index in [4.69, 9.17) is 10.5 Å². The quantitative estimate of drug-likeness (QED) is 0.863. The normalized spacial score (nSPS) is 13.1. The smallest absolute Gasteiger partial charge is 0.258 e. The number of carbonyl (C=O) groups is 1. The summed E-state index contributed by atoms with van der Waals surface area (Å²) in [7, 11) is 1.39. The Kier molecular flexibility index (Phi) is 3.25. The van der Waals surface area contributed by atoms with Gasteiger partial charge in [0.2, 0.25) is 0 Å². The highest BCUT2D eigenvalue weighted by Crippen LogP contribution is 2.31. The van der Waals surface area contributed by atoms with E-state index in [9.17, 15) is 9.18 Å². The molecule has 0 aromatic heterocycles. The summed E-state index contributed by atoms with van der Waals surface area (Å²) in [5, 5.41) is 0. The molecule has 1 aliphatic heterocycles. The monoisotopic (exact) mass is 286 g/mol. The van der Waals surface area contributed by atoms with Gasteiger partial charge >= 0.3 is 0 Å². The van der Waals surface area contributed by atoms with Crippen LogP contribution in [0.15, 0.2) is 36.4 Å². The van der Waals surface area contributed by atoms with Gasteiger partial charge < -0.3 is 15.4 Å². The van der Waals surface area contributed by atoms with E-state index in [1.54, 1.807) is 17.0 Å². The number of hydrogen-bond donors (Lipinski definition) is 1. The lowest BCUT2D eigenvalue weighted by molar-refractivity contribution is 0.0989. The molecule has 0 unspecified atom stereocenters. The summed E-state index contributed by atoms with van der Waals surface area (Å²) in [6.45, 7) is 0.575. The van der Waals surface area contributed by atoms with Crippen LogP contribution in [-0.4, -0.2) is 19.6 Å². The standard InChI is InChI=1S/C16H15FN2O2/c1-21-15-5-2-11(9-13(15)17)16(20)19-7-6-10-8-12(18)3-4-14(10)19/h2-5,8-9H,6-7,18H2,1H3. The van der Waals surface area contributed by atoms with E-state index in [2.05, 4.69) is 0 Å². The Labute approximate surface area is 121 Å². The minimum atomic E-state index is -0.542. The lowest BCUT2D eigenvalue weighted by Gasteiger charge is -2.17. The van der Waals surface area contributed by atoms with Gasteiger partial charge in [-0.15, -0.1) is 0 Å². The topological polar surface area (TPSA) is 55.6 Å². The van der Waals surface area contributed by atoms with E-state index >= 15 is 0 Å². The summed E-state index contributed by atoms with van der Waals surface area (Å²) in [5.41, 5.74) is 8.61. The molecule has 2 aromatic carbocycles. The zero-order valence-electron chi connectivity index (χ0n) is 11.6. The third-order valence-electron chi connectivity index (χ3n) is 3.64. The van der Waals surface area contributed by atoms with Crippen LogP contribution in [0.2, 0.25) is 0 Å². The van der Waals surface area contributed by atoms with E-state index in [1.165, 1.54) is 19.2 Å². The van der Waals surface area contributed by atoms with Crippen molar-refractivity contribution in [2.24, 2.45) is 0 Å². The van der Waals surface area contributed by atoms with Gasteiger partial charge in [0, 0.05) is 23.5 Å². The molecule has 0 saturated heterocycles. The summed E-state index contributed by atoms with van der Waals surface area (Å²) >= 11 is 0. The second-order valence-corrected chi connectivity index (χ2v) is 4.94. The molecule has 21 heavy (non-hydrogen) atoms. The maximum Gasteiger partial charge on any atom is 0.258 e. The number of rotatable bonds is 2. The number of nitrogen functional groups attached to an aromatic ring is 1. The molecule has 4 nitrogen and oxygen atoms in total. The molecule has 1 amide bonds. The van der Waals surface area contributed by atoms with Crippen LogP contribution in [0.25, 0.3) is 0 Å². The third kappa shape index (κ3) is 2.31. The molecule has 3 rings (SSSR count). The Bertz CT molecular complexity index is 715. The van der Waals surface area contributed by atoms with Gasteiger partial charge in [-0.25, -0.2) is 4.39 Å². The number of carbonyl (C=O) groups excluding carboxylic acids is 1. The zero-order valence-corrected chi connectivity index (χ0v) is 11.6. The molecule has 0 atom stereocenters. The lowest BCUT2D eigenvalue weighted by Crippen LogP contribution is -2.28. The van der Waals surface area contributed by atoms with Gasteiger partial charge in [0.15, 0.2) is 11.6 Å². The molecule has 0 bridgehead atoms. The van der Waals surface area contributed by atoms with Crippen LogP contribution in [0.3, 0.4) is 0 Å². The van der Waals surface area contributed by atoms with Crippen molar-refractivity contribution >= 4 is 17.3 Å². The summed E-state index contributed by atoms with van der Waals surface area (Å²) in [5.74, 6) is -0.638. The number of nitrogens with two attached hydrogens (primary N) is 1. The number of halogens is 1. The molecule has 0 radical (unpaired) electrons. The van der Waals surface area contributed by atoms with Crippen molar-refractivity contribution in [3.8, 4) is 5.75 Å². The van der Waals surface area contributed by atoms with Gasteiger partial charge in [-0.05, 0) is 48.4 Å². The van der Waals surface area contributed by atoms with E-state index in [-0.39, 0.29) is 11.7 Å². The molecule has 2 aromatic rings. The highest BCUT2D eigenvalue weighted by Gasteiger charge is 2.26. The second kappa shape index (κ2) is 5.09. The molecule has 2 N–H and O–H groups in total. The summed E-state index contributed by atoms with van der Waals surface area (Å²) in [6, 6.07) is 9.70. The zero-order chi connectivity index (χ0) is 15.0. The average molecular weight is 286 g/mol.